The van der Waals surface area contributed by atoms with E-state index in [-0.39, 0.29) is 6.54 Å². The van der Waals surface area contributed by atoms with Crippen molar-refractivity contribution in [1.29, 1.82) is 0 Å². The zero-order valence-electron chi connectivity index (χ0n) is 8.12. The maximum atomic E-state index is 10.5. The summed E-state index contributed by atoms with van der Waals surface area (Å²) in [4.78, 5) is 10.5. The van der Waals surface area contributed by atoms with Crippen LogP contribution in [-0.4, -0.2) is 46.4 Å². The SMILES string of the molecule is C#CCSCCNCC(C)(O)C(=O)O. The van der Waals surface area contributed by atoms with Gasteiger partial charge in [0.15, 0.2) is 5.60 Å². The van der Waals surface area contributed by atoms with Crippen LogP contribution in [0.5, 0.6) is 0 Å². The molecule has 0 aliphatic rings. The van der Waals surface area contributed by atoms with Crippen LogP contribution in [0.1, 0.15) is 6.92 Å². The van der Waals surface area contributed by atoms with E-state index in [4.69, 9.17) is 11.5 Å². The Kier molecular flexibility index (Phi) is 6.37. The van der Waals surface area contributed by atoms with Crippen molar-refractivity contribution >= 4 is 17.7 Å². The average Bonchev–Trinajstić information content (AvgIpc) is 2.10. The molecule has 14 heavy (non-hydrogen) atoms. The topological polar surface area (TPSA) is 69.6 Å². The average molecular weight is 217 g/mol. The van der Waals surface area contributed by atoms with E-state index in [0.717, 1.165) is 5.75 Å². The molecule has 4 nitrogen and oxygen atoms in total. The predicted octanol–water partition coefficient (Wildman–Crippen LogP) is -0.222. The molecule has 0 aliphatic carbocycles. The molecule has 0 amide bonds. The summed E-state index contributed by atoms with van der Waals surface area (Å²) in [5, 5.41) is 20.7. The second-order valence-electron chi connectivity index (χ2n) is 3.01. The Morgan fingerprint density at radius 3 is 2.86 bits per heavy atom. The Labute approximate surface area is 88.1 Å². The number of carbonyl (C=O) groups is 1. The normalized spacial score (nSPS) is 14.4. The molecule has 80 valence electrons. The largest absolute Gasteiger partial charge is 0.479 e. The maximum Gasteiger partial charge on any atom is 0.336 e. The smallest absolute Gasteiger partial charge is 0.336 e. The fourth-order valence-corrected chi connectivity index (χ4v) is 1.23. The first kappa shape index (κ1) is 13.3. The zero-order valence-corrected chi connectivity index (χ0v) is 8.93. The van der Waals surface area contributed by atoms with Gasteiger partial charge in [0.1, 0.15) is 0 Å². The molecule has 0 aromatic heterocycles. The third-order valence-electron chi connectivity index (χ3n) is 1.54. The van der Waals surface area contributed by atoms with Crippen LogP contribution < -0.4 is 5.32 Å². The van der Waals surface area contributed by atoms with E-state index in [0.29, 0.717) is 12.3 Å². The van der Waals surface area contributed by atoms with Crippen molar-refractivity contribution in [3.8, 4) is 12.3 Å². The Morgan fingerprint density at radius 1 is 1.71 bits per heavy atom. The minimum atomic E-state index is -1.70. The van der Waals surface area contributed by atoms with Crippen LogP contribution in [0.2, 0.25) is 0 Å². The second-order valence-corrected chi connectivity index (χ2v) is 4.12. The van der Waals surface area contributed by atoms with Crippen molar-refractivity contribution in [2.45, 2.75) is 12.5 Å². The van der Waals surface area contributed by atoms with Gasteiger partial charge in [-0.2, -0.15) is 0 Å². The van der Waals surface area contributed by atoms with Crippen LogP contribution in [0.25, 0.3) is 0 Å². The Balaban J connectivity index is 3.46. The fraction of sp³-hybridized carbons (Fsp3) is 0.667. The molecular formula is C9H15NO3S. The summed E-state index contributed by atoms with van der Waals surface area (Å²) in [6, 6.07) is 0. The van der Waals surface area contributed by atoms with E-state index in [1.54, 1.807) is 11.8 Å². The summed E-state index contributed by atoms with van der Waals surface area (Å²) in [6.45, 7) is 1.94. The van der Waals surface area contributed by atoms with E-state index >= 15 is 0 Å². The molecule has 0 bridgehead atoms. The highest BCUT2D eigenvalue weighted by molar-refractivity contribution is 7.99. The van der Waals surface area contributed by atoms with Gasteiger partial charge in [0.05, 0.1) is 5.75 Å². The van der Waals surface area contributed by atoms with Gasteiger partial charge in [0.25, 0.3) is 0 Å². The van der Waals surface area contributed by atoms with E-state index in [9.17, 15) is 9.90 Å². The first-order valence-electron chi connectivity index (χ1n) is 4.18. The number of rotatable bonds is 7. The van der Waals surface area contributed by atoms with E-state index in [1.165, 1.54) is 6.92 Å². The molecular weight excluding hydrogens is 202 g/mol. The molecule has 1 atom stereocenters. The van der Waals surface area contributed by atoms with Crippen LogP contribution in [-0.2, 0) is 4.79 Å². The van der Waals surface area contributed by atoms with Crippen molar-refractivity contribution in [1.82, 2.24) is 5.32 Å². The minimum Gasteiger partial charge on any atom is -0.479 e. The molecule has 0 rings (SSSR count). The quantitative estimate of drug-likeness (QED) is 0.406. The van der Waals surface area contributed by atoms with Crippen molar-refractivity contribution < 1.29 is 15.0 Å². The highest BCUT2D eigenvalue weighted by Gasteiger charge is 2.28. The summed E-state index contributed by atoms with van der Waals surface area (Å²) in [5.41, 5.74) is -1.70. The molecule has 0 aromatic carbocycles. The van der Waals surface area contributed by atoms with E-state index in [1.807, 2.05) is 0 Å². The van der Waals surface area contributed by atoms with Crippen molar-refractivity contribution in [2.75, 3.05) is 24.6 Å². The van der Waals surface area contributed by atoms with Gasteiger partial charge >= 0.3 is 5.97 Å². The predicted molar refractivity (Wildman–Crippen MR) is 57.3 cm³/mol. The molecule has 0 heterocycles. The van der Waals surface area contributed by atoms with Gasteiger partial charge in [-0.05, 0) is 6.92 Å². The zero-order chi connectivity index (χ0) is 11.0. The van der Waals surface area contributed by atoms with Crippen molar-refractivity contribution in [2.24, 2.45) is 0 Å². The van der Waals surface area contributed by atoms with Crippen LogP contribution in [0.3, 0.4) is 0 Å². The summed E-state index contributed by atoms with van der Waals surface area (Å²) >= 11 is 1.58. The Morgan fingerprint density at radius 2 is 2.36 bits per heavy atom. The van der Waals surface area contributed by atoms with Crippen LogP contribution in [0, 0.1) is 12.3 Å². The second kappa shape index (κ2) is 6.71. The first-order chi connectivity index (χ1) is 6.50. The van der Waals surface area contributed by atoms with E-state index < -0.39 is 11.6 Å². The van der Waals surface area contributed by atoms with Crippen molar-refractivity contribution in [3.05, 3.63) is 0 Å². The first-order valence-corrected chi connectivity index (χ1v) is 5.34. The number of hydrogen-bond donors (Lipinski definition) is 3. The van der Waals surface area contributed by atoms with Crippen molar-refractivity contribution in [3.63, 3.8) is 0 Å². The lowest BCUT2D eigenvalue weighted by Crippen LogP contribution is -2.45. The minimum absolute atomic E-state index is 0.0406. The standard InChI is InChI=1S/C9H15NO3S/c1-3-5-14-6-4-10-7-9(2,13)8(11)12/h1,10,13H,4-7H2,2H3,(H,11,12). The number of thioether (sulfide) groups is 1. The lowest BCUT2D eigenvalue weighted by atomic mass is 10.1. The van der Waals surface area contributed by atoms with Crippen LogP contribution >= 0.6 is 11.8 Å². The monoisotopic (exact) mass is 217 g/mol. The third-order valence-corrected chi connectivity index (χ3v) is 2.40. The third kappa shape index (κ3) is 5.86. The van der Waals surface area contributed by atoms with Crippen LogP contribution in [0.15, 0.2) is 0 Å². The molecule has 0 aromatic rings. The molecule has 0 saturated carbocycles. The van der Waals surface area contributed by atoms with Gasteiger partial charge in [-0.3, -0.25) is 0 Å². The van der Waals surface area contributed by atoms with E-state index in [2.05, 4.69) is 11.2 Å². The molecule has 5 heteroatoms. The number of carboxylic acid groups (broad SMARTS) is 1. The number of terminal acetylenes is 1. The van der Waals surface area contributed by atoms with Gasteiger partial charge in [-0.15, -0.1) is 18.2 Å². The summed E-state index contributed by atoms with van der Waals surface area (Å²) in [6.07, 6.45) is 5.04. The Bertz CT molecular complexity index is 223. The number of hydrogen-bond acceptors (Lipinski definition) is 4. The van der Waals surface area contributed by atoms with Gasteiger partial charge in [-0.1, -0.05) is 5.92 Å². The highest BCUT2D eigenvalue weighted by Crippen LogP contribution is 2.01. The van der Waals surface area contributed by atoms with Crippen LogP contribution in [0.4, 0.5) is 0 Å². The molecule has 0 radical (unpaired) electrons. The highest BCUT2D eigenvalue weighted by atomic mass is 32.2. The maximum absolute atomic E-state index is 10.5. The summed E-state index contributed by atoms with van der Waals surface area (Å²) < 4.78 is 0. The van der Waals surface area contributed by atoms with Gasteiger partial charge < -0.3 is 15.5 Å². The van der Waals surface area contributed by atoms with Gasteiger partial charge in [0, 0.05) is 18.8 Å². The molecule has 0 saturated heterocycles. The lowest BCUT2D eigenvalue weighted by molar-refractivity contribution is -0.156. The number of aliphatic carboxylic acids is 1. The number of nitrogens with one attached hydrogen (secondary N) is 1. The summed E-state index contributed by atoms with van der Waals surface area (Å²) in [5.74, 6) is 2.72. The summed E-state index contributed by atoms with van der Waals surface area (Å²) in [7, 11) is 0. The number of aliphatic hydroxyl groups is 1. The lowest BCUT2D eigenvalue weighted by Gasteiger charge is -2.17. The van der Waals surface area contributed by atoms with Gasteiger partial charge in [0.2, 0.25) is 0 Å². The molecule has 0 fully saturated rings. The molecule has 1 unspecified atom stereocenters. The molecule has 0 aliphatic heterocycles. The van der Waals surface area contributed by atoms with Gasteiger partial charge in [-0.25, -0.2) is 4.79 Å². The fourth-order valence-electron chi connectivity index (χ4n) is 0.683. The molecule has 3 N–H and O–H groups in total. The molecule has 0 spiro atoms. The number of carboxylic acids is 1. The Hall–Kier alpha value is -0.700.